The number of nitrogens with two attached hydrogens (primary N) is 1. The lowest BCUT2D eigenvalue weighted by Gasteiger charge is -2.24. The summed E-state index contributed by atoms with van der Waals surface area (Å²) < 4.78 is 0. The van der Waals surface area contributed by atoms with Crippen LogP contribution in [0, 0.1) is 6.92 Å². The van der Waals surface area contributed by atoms with Crippen molar-refractivity contribution in [2.45, 2.75) is 32.7 Å². The first-order valence-corrected chi connectivity index (χ1v) is 5.55. The third-order valence-electron chi connectivity index (χ3n) is 2.77. The van der Waals surface area contributed by atoms with E-state index < -0.39 is 0 Å². The Kier molecular flexibility index (Phi) is 4.30. The Morgan fingerprint density at radius 1 is 1.27 bits per heavy atom. The molecule has 0 bridgehead atoms. The van der Waals surface area contributed by atoms with Gasteiger partial charge in [-0.2, -0.15) is 0 Å². The molecular weight excluding hydrogens is 184 g/mol. The SMILES string of the molecule is Cc1ccccc1CCNC(C)(C)CN. The smallest absolute Gasteiger partial charge is 0.0247 e. The zero-order valence-corrected chi connectivity index (χ0v) is 10.0. The lowest BCUT2D eigenvalue weighted by Crippen LogP contribution is -2.46. The first-order chi connectivity index (χ1) is 7.05. The summed E-state index contributed by atoms with van der Waals surface area (Å²) in [4.78, 5) is 0. The molecule has 0 fully saturated rings. The average Bonchev–Trinajstić information content (AvgIpc) is 2.21. The minimum atomic E-state index is 0.0443. The highest BCUT2D eigenvalue weighted by molar-refractivity contribution is 5.25. The van der Waals surface area contributed by atoms with Crippen molar-refractivity contribution in [1.29, 1.82) is 0 Å². The van der Waals surface area contributed by atoms with Gasteiger partial charge in [-0.05, 0) is 44.9 Å². The van der Waals surface area contributed by atoms with Crippen molar-refractivity contribution in [1.82, 2.24) is 5.32 Å². The fourth-order valence-electron chi connectivity index (χ4n) is 1.50. The van der Waals surface area contributed by atoms with E-state index in [-0.39, 0.29) is 5.54 Å². The minimum Gasteiger partial charge on any atom is -0.329 e. The van der Waals surface area contributed by atoms with Gasteiger partial charge in [-0.1, -0.05) is 24.3 Å². The quantitative estimate of drug-likeness (QED) is 0.772. The molecule has 15 heavy (non-hydrogen) atoms. The number of hydrogen-bond acceptors (Lipinski definition) is 2. The third-order valence-corrected chi connectivity index (χ3v) is 2.77. The number of rotatable bonds is 5. The monoisotopic (exact) mass is 206 g/mol. The molecule has 1 aromatic carbocycles. The van der Waals surface area contributed by atoms with Gasteiger partial charge in [-0.15, -0.1) is 0 Å². The molecule has 0 unspecified atom stereocenters. The molecule has 84 valence electrons. The number of benzene rings is 1. The second-order valence-electron chi connectivity index (χ2n) is 4.69. The van der Waals surface area contributed by atoms with E-state index in [1.54, 1.807) is 0 Å². The molecule has 0 aromatic heterocycles. The molecule has 1 aromatic rings. The zero-order chi connectivity index (χ0) is 11.3. The second-order valence-corrected chi connectivity index (χ2v) is 4.69. The molecule has 0 amide bonds. The van der Waals surface area contributed by atoms with Crippen LogP contribution in [0.3, 0.4) is 0 Å². The van der Waals surface area contributed by atoms with E-state index in [1.165, 1.54) is 11.1 Å². The third kappa shape index (κ3) is 4.02. The van der Waals surface area contributed by atoms with Gasteiger partial charge in [0.25, 0.3) is 0 Å². The standard InChI is InChI=1S/C13H22N2/c1-11-6-4-5-7-12(11)8-9-15-13(2,3)10-14/h4-7,15H,8-10,14H2,1-3H3. The summed E-state index contributed by atoms with van der Waals surface area (Å²) in [6.45, 7) is 8.06. The van der Waals surface area contributed by atoms with E-state index in [1.807, 2.05) is 0 Å². The Bertz CT molecular complexity index is 305. The molecular formula is C13H22N2. The van der Waals surface area contributed by atoms with Crippen molar-refractivity contribution < 1.29 is 0 Å². The van der Waals surface area contributed by atoms with Crippen LogP contribution >= 0.6 is 0 Å². The Labute approximate surface area is 92.9 Å². The maximum Gasteiger partial charge on any atom is 0.0247 e. The van der Waals surface area contributed by atoms with Crippen molar-refractivity contribution in [2.24, 2.45) is 5.73 Å². The molecule has 0 spiro atoms. The van der Waals surface area contributed by atoms with Gasteiger partial charge in [0.2, 0.25) is 0 Å². The van der Waals surface area contributed by atoms with E-state index in [4.69, 9.17) is 5.73 Å². The molecule has 0 aliphatic heterocycles. The Morgan fingerprint density at radius 3 is 2.53 bits per heavy atom. The van der Waals surface area contributed by atoms with Crippen LogP contribution in [0.2, 0.25) is 0 Å². The van der Waals surface area contributed by atoms with Gasteiger partial charge >= 0.3 is 0 Å². The molecule has 0 heterocycles. The fraction of sp³-hybridized carbons (Fsp3) is 0.538. The molecule has 2 nitrogen and oxygen atoms in total. The summed E-state index contributed by atoms with van der Waals surface area (Å²) >= 11 is 0. The van der Waals surface area contributed by atoms with Gasteiger partial charge in [0.05, 0.1) is 0 Å². The van der Waals surface area contributed by atoms with E-state index in [0.717, 1.165) is 13.0 Å². The van der Waals surface area contributed by atoms with Gasteiger partial charge in [0, 0.05) is 12.1 Å². The highest BCUT2D eigenvalue weighted by atomic mass is 15.0. The molecule has 0 aliphatic carbocycles. The van der Waals surface area contributed by atoms with Crippen molar-refractivity contribution in [2.75, 3.05) is 13.1 Å². The Morgan fingerprint density at radius 2 is 1.93 bits per heavy atom. The molecule has 0 atom stereocenters. The topological polar surface area (TPSA) is 38.0 Å². The van der Waals surface area contributed by atoms with E-state index >= 15 is 0 Å². The summed E-state index contributed by atoms with van der Waals surface area (Å²) in [6.07, 6.45) is 1.07. The summed E-state index contributed by atoms with van der Waals surface area (Å²) in [5, 5.41) is 3.46. The first-order valence-electron chi connectivity index (χ1n) is 5.55. The van der Waals surface area contributed by atoms with Crippen LogP contribution in [0.5, 0.6) is 0 Å². The number of aryl methyl sites for hydroxylation is 1. The lowest BCUT2D eigenvalue weighted by molar-refractivity contribution is 0.401. The molecule has 0 saturated heterocycles. The Balaban J connectivity index is 2.42. The summed E-state index contributed by atoms with van der Waals surface area (Å²) in [5.41, 5.74) is 8.48. The predicted molar refractivity (Wildman–Crippen MR) is 66.0 cm³/mol. The van der Waals surface area contributed by atoms with Crippen molar-refractivity contribution in [3.05, 3.63) is 35.4 Å². The van der Waals surface area contributed by atoms with Gasteiger partial charge in [0.1, 0.15) is 0 Å². The van der Waals surface area contributed by atoms with Crippen molar-refractivity contribution >= 4 is 0 Å². The summed E-state index contributed by atoms with van der Waals surface area (Å²) in [6, 6.07) is 8.52. The van der Waals surface area contributed by atoms with Gasteiger partial charge in [-0.25, -0.2) is 0 Å². The van der Waals surface area contributed by atoms with Gasteiger partial charge in [-0.3, -0.25) is 0 Å². The molecule has 1 rings (SSSR count). The normalized spacial score (nSPS) is 11.7. The predicted octanol–water partition coefficient (Wildman–Crippen LogP) is 1.86. The first kappa shape index (κ1) is 12.2. The van der Waals surface area contributed by atoms with Crippen LogP contribution in [0.15, 0.2) is 24.3 Å². The Hall–Kier alpha value is -0.860. The molecule has 3 N–H and O–H groups in total. The van der Waals surface area contributed by atoms with Crippen LogP contribution in [0.4, 0.5) is 0 Å². The minimum absolute atomic E-state index is 0.0443. The summed E-state index contributed by atoms with van der Waals surface area (Å²) in [5.74, 6) is 0. The lowest BCUT2D eigenvalue weighted by atomic mass is 10.0. The largest absolute Gasteiger partial charge is 0.329 e. The van der Waals surface area contributed by atoms with Crippen molar-refractivity contribution in [3.8, 4) is 0 Å². The molecule has 0 aliphatic rings. The van der Waals surface area contributed by atoms with Crippen LogP contribution in [-0.2, 0) is 6.42 Å². The van der Waals surface area contributed by atoms with Gasteiger partial charge < -0.3 is 11.1 Å². The number of hydrogen-bond donors (Lipinski definition) is 2. The van der Waals surface area contributed by atoms with Crippen LogP contribution < -0.4 is 11.1 Å². The fourth-order valence-corrected chi connectivity index (χ4v) is 1.50. The van der Waals surface area contributed by atoms with E-state index in [9.17, 15) is 0 Å². The van der Waals surface area contributed by atoms with Crippen molar-refractivity contribution in [3.63, 3.8) is 0 Å². The van der Waals surface area contributed by atoms with Crippen LogP contribution in [0.1, 0.15) is 25.0 Å². The maximum absolute atomic E-state index is 5.65. The average molecular weight is 206 g/mol. The van der Waals surface area contributed by atoms with Crippen LogP contribution in [-0.4, -0.2) is 18.6 Å². The molecule has 2 heteroatoms. The van der Waals surface area contributed by atoms with E-state index in [0.29, 0.717) is 6.54 Å². The number of nitrogens with one attached hydrogen (secondary N) is 1. The summed E-state index contributed by atoms with van der Waals surface area (Å²) in [7, 11) is 0. The molecule has 0 saturated carbocycles. The molecule has 0 radical (unpaired) electrons. The zero-order valence-electron chi connectivity index (χ0n) is 10.0. The highest BCUT2D eigenvalue weighted by Crippen LogP contribution is 2.07. The second kappa shape index (κ2) is 5.29. The van der Waals surface area contributed by atoms with E-state index in [2.05, 4.69) is 50.4 Å². The highest BCUT2D eigenvalue weighted by Gasteiger charge is 2.13. The maximum atomic E-state index is 5.65. The van der Waals surface area contributed by atoms with Gasteiger partial charge in [0.15, 0.2) is 0 Å². The van der Waals surface area contributed by atoms with Crippen LogP contribution in [0.25, 0.3) is 0 Å².